The number of hydrogen-bond acceptors (Lipinski definition) is 1. The molecule has 13 heavy (non-hydrogen) atoms. The van der Waals surface area contributed by atoms with Crippen LogP contribution in [0.5, 0.6) is 0 Å². The van der Waals surface area contributed by atoms with E-state index in [4.69, 9.17) is 0 Å². The monoisotopic (exact) mass is 171 g/mol. The largest absolute Gasteiger partial charge is 0.388 e. The molecule has 0 bridgehead atoms. The van der Waals surface area contributed by atoms with E-state index in [9.17, 15) is 0 Å². The maximum atomic E-state index is 3.50. The average Bonchev–Trinajstić information content (AvgIpc) is 2.65. The molecule has 0 aromatic carbocycles. The maximum Gasteiger partial charge on any atom is 0.0219 e. The third-order valence-electron chi connectivity index (χ3n) is 3.07. The number of hydrogen-bond donors (Lipinski definition) is 1. The Morgan fingerprint density at radius 3 is 3.15 bits per heavy atom. The van der Waals surface area contributed by atoms with E-state index in [1.165, 1.54) is 17.7 Å². The van der Waals surface area contributed by atoms with Gasteiger partial charge in [-0.05, 0) is 12.0 Å². The van der Waals surface area contributed by atoms with E-state index < -0.39 is 0 Å². The molecule has 2 unspecified atom stereocenters. The molecular formula is C12H13N. The standard InChI is InChI=1S/C12H13N/c1-2-4-11-9(3-1)5-6-10-7-8-13-12(10)11/h1-6,9-10,13H,7-8H2. The highest BCUT2D eigenvalue weighted by atomic mass is 14.9. The first-order chi connectivity index (χ1) is 6.45. The number of allylic oxidation sites excluding steroid dienone is 7. The molecule has 0 spiro atoms. The SMILES string of the molecule is C1=CC2=C3NCCC3C=CC2C=C1. The van der Waals surface area contributed by atoms with Crippen LogP contribution in [0.15, 0.2) is 47.7 Å². The maximum absolute atomic E-state index is 3.50. The van der Waals surface area contributed by atoms with Gasteiger partial charge in [0.15, 0.2) is 0 Å². The van der Waals surface area contributed by atoms with Gasteiger partial charge in [0.1, 0.15) is 0 Å². The van der Waals surface area contributed by atoms with E-state index in [0.29, 0.717) is 11.8 Å². The van der Waals surface area contributed by atoms with Crippen LogP contribution in [0.25, 0.3) is 0 Å². The molecule has 1 saturated heterocycles. The second-order valence-corrected chi connectivity index (χ2v) is 3.85. The molecule has 0 saturated carbocycles. The lowest BCUT2D eigenvalue weighted by molar-refractivity contribution is 0.747. The zero-order chi connectivity index (χ0) is 8.67. The summed E-state index contributed by atoms with van der Waals surface area (Å²) in [6.45, 7) is 1.14. The zero-order valence-electron chi connectivity index (χ0n) is 7.53. The Morgan fingerprint density at radius 1 is 1.15 bits per heavy atom. The minimum Gasteiger partial charge on any atom is -0.388 e. The van der Waals surface area contributed by atoms with Crippen molar-refractivity contribution in [2.75, 3.05) is 6.54 Å². The Hall–Kier alpha value is -1.24. The molecule has 2 atom stereocenters. The van der Waals surface area contributed by atoms with Gasteiger partial charge in [0.25, 0.3) is 0 Å². The Kier molecular flexibility index (Phi) is 1.45. The lowest BCUT2D eigenvalue weighted by atomic mass is 9.84. The van der Waals surface area contributed by atoms with Gasteiger partial charge in [-0.2, -0.15) is 0 Å². The fourth-order valence-electron chi connectivity index (χ4n) is 2.40. The predicted octanol–water partition coefficient (Wildman–Crippen LogP) is 2.16. The van der Waals surface area contributed by atoms with Crippen LogP contribution >= 0.6 is 0 Å². The molecule has 0 radical (unpaired) electrons. The summed E-state index contributed by atoms with van der Waals surface area (Å²) in [6, 6.07) is 0. The summed E-state index contributed by atoms with van der Waals surface area (Å²) < 4.78 is 0. The third-order valence-corrected chi connectivity index (χ3v) is 3.07. The van der Waals surface area contributed by atoms with Crippen molar-refractivity contribution < 1.29 is 0 Å². The summed E-state index contributed by atoms with van der Waals surface area (Å²) >= 11 is 0. The summed E-state index contributed by atoms with van der Waals surface area (Å²) in [4.78, 5) is 0. The van der Waals surface area contributed by atoms with E-state index in [0.717, 1.165) is 6.54 Å². The van der Waals surface area contributed by atoms with E-state index in [2.05, 4.69) is 41.8 Å². The molecule has 1 nitrogen and oxygen atoms in total. The normalized spacial score (nSPS) is 34.5. The van der Waals surface area contributed by atoms with Gasteiger partial charge in [-0.15, -0.1) is 0 Å². The van der Waals surface area contributed by atoms with E-state index in [-0.39, 0.29) is 0 Å². The molecule has 2 aliphatic carbocycles. The Morgan fingerprint density at radius 2 is 2.15 bits per heavy atom. The van der Waals surface area contributed by atoms with Gasteiger partial charge in [0.2, 0.25) is 0 Å². The quantitative estimate of drug-likeness (QED) is 0.551. The highest BCUT2D eigenvalue weighted by molar-refractivity contribution is 5.44. The van der Waals surface area contributed by atoms with Gasteiger partial charge >= 0.3 is 0 Å². The third kappa shape index (κ3) is 0.998. The van der Waals surface area contributed by atoms with Crippen molar-refractivity contribution in [1.82, 2.24) is 5.32 Å². The van der Waals surface area contributed by atoms with Crippen LogP contribution in [0.4, 0.5) is 0 Å². The predicted molar refractivity (Wildman–Crippen MR) is 54.0 cm³/mol. The van der Waals surface area contributed by atoms with Crippen LogP contribution in [0.1, 0.15) is 6.42 Å². The smallest absolute Gasteiger partial charge is 0.0219 e. The second kappa shape index (κ2) is 2.63. The molecule has 3 rings (SSSR count). The van der Waals surface area contributed by atoms with Crippen LogP contribution in [-0.4, -0.2) is 6.54 Å². The number of nitrogens with one attached hydrogen (secondary N) is 1. The number of fused-ring (bicyclic) bond motifs is 2. The van der Waals surface area contributed by atoms with Crippen molar-refractivity contribution >= 4 is 0 Å². The van der Waals surface area contributed by atoms with Crippen molar-refractivity contribution in [3.8, 4) is 0 Å². The highest BCUT2D eigenvalue weighted by Gasteiger charge is 2.27. The van der Waals surface area contributed by atoms with Crippen LogP contribution in [0.2, 0.25) is 0 Å². The lowest BCUT2D eigenvalue weighted by Gasteiger charge is -2.23. The average molecular weight is 171 g/mol. The molecule has 66 valence electrons. The van der Waals surface area contributed by atoms with Crippen LogP contribution in [-0.2, 0) is 0 Å². The van der Waals surface area contributed by atoms with Crippen LogP contribution in [0.3, 0.4) is 0 Å². The van der Waals surface area contributed by atoms with Gasteiger partial charge in [0, 0.05) is 24.1 Å². The lowest BCUT2D eigenvalue weighted by Crippen LogP contribution is -2.16. The topological polar surface area (TPSA) is 12.0 Å². The highest BCUT2D eigenvalue weighted by Crippen LogP contribution is 2.35. The van der Waals surface area contributed by atoms with E-state index in [1.807, 2.05) is 0 Å². The first-order valence-corrected chi connectivity index (χ1v) is 4.96. The molecule has 0 aromatic heterocycles. The molecule has 3 aliphatic rings. The van der Waals surface area contributed by atoms with E-state index >= 15 is 0 Å². The summed E-state index contributed by atoms with van der Waals surface area (Å²) in [7, 11) is 0. The molecular weight excluding hydrogens is 158 g/mol. The first kappa shape index (κ1) is 7.19. The molecule has 1 N–H and O–H groups in total. The summed E-state index contributed by atoms with van der Waals surface area (Å²) in [5.41, 5.74) is 2.94. The van der Waals surface area contributed by atoms with Crippen LogP contribution in [0, 0.1) is 11.8 Å². The van der Waals surface area contributed by atoms with Gasteiger partial charge in [-0.25, -0.2) is 0 Å². The summed E-state index contributed by atoms with van der Waals surface area (Å²) in [5.74, 6) is 1.20. The van der Waals surface area contributed by atoms with Crippen molar-refractivity contribution in [2.24, 2.45) is 11.8 Å². The number of rotatable bonds is 0. The fraction of sp³-hybridized carbons (Fsp3) is 0.333. The second-order valence-electron chi connectivity index (χ2n) is 3.85. The van der Waals surface area contributed by atoms with Gasteiger partial charge in [-0.3, -0.25) is 0 Å². The van der Waals surface area contributed by atoms with Crippen molar-refractivity contribution in [2.45, 2.75) is 6.42 Å². The minimum atomic E-state index is 0.529. The fourth-order valence-corrected chi connectivity index (χ4v) is 2.40. The molecule has 1 heteroatoms. The Bertz CT molecular complexity index is 344. The molecule has 1 fully saturated rings. The molecule has 0 aromatic rings. The van der Waals surface area contributed by atoms with Crippen molar-refractivity contribution in [3.63, 3.8) is 0 Å². The van der Waals surface area contributed by atoms with Crippen molar-refractivity contribution in [1.29, 1.82) is 0 Å². The van der Waals surface area contributed by atoms with Gasteiger partial charge in [0.05, 0.1) is 0 Å². The van der Waals surface area contributed by atoms with E-state index in [1.54, 1.807) is 0 Å². The van der Waals surface area contributed by atoms with Gasteiger partial charge < -0.3 is 5.32 Å². The molecule has 1 aliphatic heterocycles. The minimum absolute atomic E-state index is 0.529. The summed E-state index contributed by atoms with van der Waals surface area (Å²) in [5, 5.41) is 3.50. The first-order valence-electron chi connectivity index (χ1n) is 4.96. The van der Waals surface area contributed by atoms with Crippen molar-refractivity contribution in [3.05, 3.63) is 47.7 Å². The van der Waals surface area contributed by atoms with Gasteiger partial charge in [-0.1, -0.05) is 36.5 Å². The zero-order valence-corrected chi connectivity index (χ0v) is 7.53. The Labute approximate surface area is 78.5 Å². The molecule has 0 amide bonds. The summed E-state index contributed by atoms with van der Waals surface area (Å²) in [6.07, 6.45) is 14.7. The Balaban J connectivity index is 2.09. The van der Waals surface area contributed by atoms with Crippen LogP contribution < -0.4 is 5.32 Å². The molecule has 1 heterocycles.